The van der Waals surface area contributed by atoms with Gasteiger partial charge in [-0.25, -0.2) is 4.79 Å². The van der Waals surface area contributed by atoms with Gasteiger partial charge in [-0.2, -0.15) is 0 Å². The van der Waals surface area contributed by atoms with Crippen LogP contribution in [0.3, 0.4) is 0 Å². The van der Waals surface area contributed by atoms with E-state index in [4.69, 9.17) is 5.11 Å². The summed E-state index contributed by atoms with van der Waals surface area (Å²) in [7, 11) is 0. The second kappa shape index (κ2) is 6.75. The maximum absolute atomic E-state index is 11.1. The smallest absolute Gasteiger partial charge is 0.335 e. The largest absolute Gasteiger partial charge is 0.478 e. The summed E-state index contributed by atoms with van der Waals surface area (Å²) >= 11 is 0. The highest BCUT2D eigenvalue weighted by molar-refractivity contribution is 5.89. The molecule has 0 aromatic heterocycles. The minimum atomic E-state index is -0.889. The lowest BCUT2D eigenvalue weighted by molar-refractivity contribution is 0.0697. The lowest BCUT2D eigenvalue weighted by Crippen LogP contribution is -2.25. The summed E-state index contributed by atoms with van der Waals surface area (Å²) in [6.45, 7) is 11.2. The Hall–Kier alpha value is -2.35. The Kier molecular flexibility index (Phi) is 4.79. The molecule has 26 heavy (non-hydrogen) atoms. The minimum Gasteiger partial charge on any atom is -0.478 e. The summed E-state index contributed by atoms with van der Waals surface area (Å²) < 4.78 is 0. The Morgan fingerprint density at radius 1 is 1.00 bits per heavy atom. The fourth-order valence-electron chi connectivity index (χ4n) is 4.12. The van der Waals surface area contributed by atoms with Gasteiger partial charge in [0.05, 0.1) is 5.56 Å². The number of aromatic carboxylic acids is 1. The molecule has 0 aliphatic heterocycles. The zero-order chi connectivity index (χ0) is 19.1. The lowest BCUT2D eigenvalue weighted by Gasteiger charge is -2.36. The van der Waals surface area contributed by atoms with E-state index in [0.717, 1.165) is 5.56 Å². The molecule has 1 atom stereocenters. The van der Waals surface area contributed by atoms with E-state index in [2.05, 4.69) is 52.8 Å². The van der Waals surface area contributed by atoms with Crippen molar-refractivity contribution in [2.75, 3.05) is 0 Å². The van der Waals surface area contributed by atoms with E-state index in [-0.39, 0.29) is 5.41 Å². The molecule has 0 saturated heterocycles. The van der Waals surface area contributed by atoms with Gasteiger partial charge in [0.1, 0.15) is 0 Å². The van der Waals surface area contributed by atoms with Gasteiger partial charge in [0.15, 0.2) is 0 Å². The van der Waals surface area contributed by atoms with Crippen LogP contribution in [0.15, 0.2) is 48.0 Å². The monoisotopic (exact) mass is 348 g/mol. The standard InChI is InChI=1S/C24H28O2/c1-15(2)22(17-6-8-18(9-7-17)23(25)26)19-10-11-20-16(3)12-13-24(4,5)21(20)14-19/h6-11,14,16H,12-13H2,1-5H3,(H,25,26)/t16-/m0/s1. The third kappa shape index (κ3) is 3.33. The van der Waals surface area contributed by atoms with E-state index >= 15 is 0 Å². The van der Waals surface area contributed by atoms with E-state index in [1.807, 2.05) is 12.1 Å². The number of carboxylic acids is 1. The number of rotatable bonds is 3. The number of carbonyl (C=O) groups is 1. The van der Waals surface area contributed by atoms with Gasteiger partial charge in [0.2, 0.25) is 0 Å². The van der Waals surface area contributed by atoms with E-state index in [1.54, 1.807) is 12.1 Å². The number of hydrogen-bond donors (Lipinski definition) is 1. The first-order valence-corrected chi connectivity index (χ1v) is 9.36. The molecule has 0 spiro atoms. The fourth-order valence-corrected chi connectivity index (χ4v) is 4.12. The van der Waals surface area contributed by atoms with Gasteiger partial charge in [-0.1, -0.05) is 56.7 Å². The van der Waals surface area contributed by atoms with Gasteiger partial charge in [0.25, 0.3) is 0 Å². The van der Waals surface area contributed by atoms with Crippen LogP contribution >= 0.6 is 0 Å². The van der Waals surface area contributed by atoms with E-state index in [1.165, 1.54) is 40.7 Å². The van der Waals surface area contributed by atoms with Crippen molar-refractivity contribution in [3.8, 4) is 0 Å². The zero-order valence-corrected chi connectivity index (χ0v) is 16.4. The van der Waals surface area contributed by atoms with Gasteiger partial charge in [-0.15, -0.1) is 0 Å². The maximum atomic E-state index is 11.1. The lowest BCUT2D eigenvalue weighted by atomic mass is 9.68. The van der Waals surface area contributed by atoms with Crippen molar-refractivity contribution in [2.45, 2.75) is 58.8 Å². The minimum absolute atomic E-state index is 0.192. The van der Waals surface area contributed by atoms with Gasteiger partial charge in [-0.3, -0.25) is 0 Å². The summed E-state index contributed by atoms with van der Waals surface area (Å²) in [4.78, 5) is 11.1. The molecule has 0 radical (unpaired) electrons. The van der Waals surface area contributed by atoms with Gasteiger partial charge < -0.3 is 5.11 Å². The molecule has 1 N–H and O–H groups in total. The second-order valence-corrected chi connectivity index (χ2v) is 8.38. The summed E-state index contributed by atoms with van der Waals surface area (Å²) in [5, 5.41) is 9.14. The van der Waals surface area contributed by atoms with E-state index in [0.29, 0.717) is 11.5 Å². The summed E-state index contributed by atoms with van der Waals surface area (Å²) in [5.41, 5.74) is 8.15. The Labute approximate surface area is 156 Å². The highest BCUT2D eigenvalue weighted by Crippen LogP contribution is 2.44. The average molecular weight is 348 g/mol. The predicted molar refractivity (Wildman–Crippen MR) is 108 cm³/mol. The number of allylic oxidation sites excluding steroid dienone is 1. The summed E-state index contributed by atoms with van der Waals surface area (Å²) in [5.74, 6) is -0.281. The third-order valence-corrected chi connectivity index (χ3v) is 5.72. The van der Waals surface area contributed by atoms with Crippen molar-refractivity contribution in [3.05, 3.63) is 75.9 Å². The molecule has 0 heterocycles. The number of hydrogen-bond acceptors (Lipinski definition) is 1. The first-order valence-electron chi connectivity index (χ1n) is 9.36. The van der Waals surface area contributed by atoms with Gasteiger partial charge in [-0.05, 0) is 78.0 Å². The molecule has 2 nitrogen and oxygen atoms in total. The Morgan fingerprint density at radius 3 is 2.15 bits per heavy atom. The molecular weight excluding hydrogens is 320 g/mol. The van der Waals surface area contributed by atoms with E-state index < -0.39 is 5.97 Å². The fraction of sp³-hybridized carbons (Fsp3) is 0.375. The molecular formula is C24H28O2. The summed E-state index contributed by atoms with van der Waals surface area (Å²) in [6, 6.07) is 14.1. The molecule has 0 fully saturated rings. The van der Waals surface area contributed by atoms with Crippen LogP contribution in [0.25, 0.3) is 5.57 Å². The van der Waals surface area contributed by atoms with Crippen molar-refractivity contribution in [1.82, 2.24) is 0 Å². The first kappa shape index (κ1) is 18.4. The maximum Gasteiger partial charge on any atom is 0.335 e. The Bertz CT molecular complexity index is 866. The van der Waals surface area contributed by atoms with Crippen LogP contribution in [-0.4, -0.2) is 11.1 Å². The van der Waals surface area contributed by atoms with Crippen LogP contribution in [0.5, 0.6) is 0 Å². The first-order chi connectivity index (χ1) is 12.2. The van der Waals surface area contributed by atoms with Crippen LogP contribution in [0.1, 0.15) is 86.0 Å². The molecule has 136 valence electrons. The molecule has 1 aliphatic carbocycles. The quantitative estimate of drug-likeness (QED) is 0.696. The van der Waals surface area contributed by atoms with Crippen LogP contribution in [0, 0.1) is 0 Å². The summed E-state index contributed by atoms with van der Waals surface area (Å²) in [6.07, 6.45) is 2.45. The zero-order valence-electron chi connectivity index (χ0n) is 16.4. The highest BCUT2D eigenvalue weighted by Gasteiger charge is 2.31. The third-order valence-electron chi connectivity index (χ3n) is 5.72. The van der Waals surface area contributed by atoms with Gasteiger partial charge in [0, 0.05) is 0 Å². The highest BCUT2D eigenvalue weighted by atomic mass is 16.4. The molecule has 1 aliphatic rings. The normalized spacial score (nSPS) is 18.1. The van der Waals surface area contributed by atoms with Crippen LogP contribution in [0.2, 0.25) is 0 Å². The average Bonchev–Trinajstić information content (AvgIpc) is 2.59. The van der Waals surface area contributed by atoms with E-state index in [9.17, 15) is 4.79 Å². The van der Waals surface area contributed by atoms with Gasteiger partial charge >= 0.3 is 5.97 Å². The molecule has 2 aromatic rings. The second-order valence-electron chi connectivity index (χ2n) is 8.38. The van der Waals surface area contributed by atoms with Crippen LogP contribution < -0.4 is 0 Å². The molecule has 0 amide bonds. The Morgan fingerprint density at radius 2 is 1.58 bits per heavy atom. The molecule has 2 heteroatoms. The molecule has 0 unspecified atom stereocenters. The van der Waals surface area contributed by atoms with Crippen molar-refractivity contribution >= 4 is 11.5 Å². The topological polar surface area (TPSA) is 37.3 Å². The Balaban J connectivity index is 2.11. The van der Waals surface area contributed by atoms with Crippen LogP contribution in [0.4, 0.5) is 0 Å². The van der Waals surface area contributed by atoms with Crippen LogP contribution in [-0.2, 0) is 5.41 Å². The number of carboxylic acid groups (broad SMARTS) is 1. The predicted octanol–water partition coefficient (Wildman–Crippen LogP) is 6.40. The number of fused-ring (bicyclic) bond motifs is 1. The number of benzene rings is 2. The SMILES string of the molecule is CC(C)=C(c1ccc(C(=O)O)cc1)c1ccc2c(c1)C(C)(C)CC[C@@H]2C. The van der Waals surface area contributed by atoms with Crippen molar-refractivity contribution in [2.24, 2.45) is 0 Å². The molecule has 3 rings (SSSR count). The molecule has 0 saturated carbocycles. The van der Waals surface area contributed by atoms with Crippen molar-refractivity contribution in [3.63, 3.8) is 0 Å². The van der Waals surface area contributed by atoms with Crippen molar-refractivity contribution in [1.29, 1.82) is 0 Å². The van der Waals surface area contributed by atoms with Crippen molar-refractivity contribution < 1.29 is 9.90 Å². The molecule has 0 bridgehead atoms. The molecule has 2 aromatic carbocycles.